The molecular weight excluding hydrogens is 446 g/mol. The molecule has 0 aliphatic carbocycles. The second-order valence-electron chi connectivity index (χ2n) is 9.35. The Morgan fingerprint density at radius 2 is 0.559 bits per heavy atom. The monoisotopic (exact) mass is 482 g/mol. The number of aryl methyl sites for hydroxylation is 4. The highest BCUT2D eigenvalue weighted by molar-refractivity contribution is 7.73. The Morgan fingerprint density at radius 3 is 0.765 bits per heavy atom. The average Bonchev–Trinajstić information content (AvgIpc) is 2.85. The highest BCUT2D eigenvalue weighted by Crippen LogP contribution is 2.38. The van der Waals surface area contributed by atoms with Crippen molar-refractivity contribution in [2.45, 2.75) is 40.5 Å². The van der Waals surface area contributed by atoms with Gasteiger partial charge in [0.25, 0.3) is 0 Å². The van der Waals surface area contributed by atoms with Gasteiger partial charge in [0.2, 0.25) is 0 Å². The molecule has 0 N–H and O–H groups in total. The van der Waals surface area contributed by atoms with E-state index in [1.807, 2.05) is 0 Å². The molecule has 2 heteroatoms. The van der Waals surface area contributed by atoms with Crippen molar-refractivity contribution in [2.75, 3.05) is 12.3 Å². The topological polar surface area (TPSA) is 0 Å². The quantitative estimate of drug-likeness (QED) is 0.174. The maximum atomic E-state index is 2.35. The third kappa shape index (κ3) is 6.66. The minimum absolute atomic E-state index is 0.316. The van der Waals surface area contributed by atoms with Crippen LogP contribution in [0.25, 0.3) is 0 Å². The van der Waals surface area contributed by atoms with Crippen LogP contribution in [0.15, 0.2) is 97.1 Å². The van der Waals surface area contributed by atoms with E-state index >= 15 is 0 Å². The van der Waals surface area contributed by atoms with Gasteiger partial charge in [-0.25, -0.2) is 0 Å². The SMILES string of the molecule is Cc1ccc(P(CCCCP(c2ccc(C)cc2)c2ccc(C)cc2)c2ccc(C)cc2)cc1. The predicted octanol–water partition coefficient (Wildman–Crippen LogP) is 7.27. The summed E-state index contributed by atoms with van der Waals surface area (Å²) in [6, 6.07) is 37.0. The van der Waals surface area contributed by atoms with Crippen LogP contribution in [-0.2, 0) is 0 Å². The van der Waals surface area contributed by atoms with Crippen molar-refractivity contribution in [3.8, 4) is 0 Å². The van der Waals surface area contributed by atoms with Crippen molar-refractivity contribution in [1.82, 2.24) is 0 Å². The van der Waals surface area contributed by atoms with Crippen molar-refractivity contribution in [1.29, 1.82) is 0 Å². The maximum absolute atomic E-state index is 2.35. The highest BCUT2D eigenvalue weighted by Gasteiger charge is 2.16. The molecule has 0 unspecified atom stereocenters. The van der Waals surface area contributed by atoms with Gasteiger partial charge in [-0.05, 0) is 89.9 Å². The Labute approximate surface area is 209 Å². The first kappa shape index (κ1) is 24.9. The van der Waals surface area contributed by atoms with Gasteiger partial charge in [-0.1, -0.05) is 119 Å². The van der Waals surface area contributed by atoms with Gasteiger partial charge in [-0.3, -0.25) is 0 Å². The summed E-state index contributed by atoms with van der Waals surface area (Å²) in [7, 11) is -0.633. The smallest absolute Gasteiger partial charge is 0.0195 e. The predicted molar refractivity (Wildman–Crippen MR) is 156 cm³/mol. The van der Waals surface area contributed by atoms with Crippen LogP contribution >= 0.6 is 15.8 Å². The lowest BCUT2D eigenvalue weighted by molar-refractivity contribution is 0.902. The molecule has 0 saturated heterocycles. The molecule has 4 rings (SSSR count). The minimum atomic E-state index is -0.316. The van der Waals surface area contributed by atoms with E-state index in [1.54, 1.807) is 0 Å². The standard InChI is InChI=1S/C32H36P2/c1-25-7-15-29(16-8-25)33(30-17-9-26(2)10-18-30)23-5-6-24-34(31-19-11-27(3)12-20-31)32-21-13-28(4)14-22-32/h7-22H,5-6,23-24H2,1-4H3. The van der Waals surface area contributed by atoms with Gasteiger partial charge in [0.05, 0.1) is 0 Å². The summed E-state index contributed by atoms with van der Waals surface area (Å²) in [5, 5.41) is 6.01. The van der Waals surface area contributed by atoms with E-state index < -0.39 is 0 Å². The summed E-state index contributed by atoms with van der Waals surface area (Å²) in [6.07, 6.45) is 5.05. The lowest BCUT2D eigenvalue weighted by Crippen LogP contribution is -2.16. The minimum Gasteiger partial charge on any atom is -0.0587 e. The number of unbranched alkanes of at least 4 members (excludes halogenated alkanes) is 1. The molecular formula is C32H36P2. The van der Waals surface area contributed by atoms with E-state index in [9.17, 15) is 0 Å². The van der Waals surface area contributed by atoms with Crippen LogP contribution in [0, 0.1) is 27.7 Å². The van der Waals surface area contributed by atoms with Gasteiger partial charge in [-0.2, -0.15) is 0 Å². The molecule has 0 amide bonds. The zero-order valence-electron chi connectivity index (χ0n) is 21.0. The summed E-state index contributed by atoms with van der Waals surface area (Å²) in [5.41, 5.74) is 5.35. The first-order valence-electron chi connectivity index (χ1n) is 12.3. The van der Waals surface area contributed by atoms with Gasteiger partial charge in [0, 0.05) is 0 Å². The molecule has 0 saturated carbocycles. The summed E-state index contributed by atoms with van der Waals surface area (Å²) < 4.78 is 0. The fourth-order valence-electron chi connectivity index (χ4n) is 4.25. The summed E-state index contributed by atoms with van der Waals surface area (Å²) in [6.45, 7) is 8.71. The Kier molecular flexibility index (Phi) is 8.72. The zero-order valence-corrected chi connectivity index (χ0v) is 22.7. The number of benzene rings is 4. The molecule has 0 aromatic heterocycles. The van der Waals surface area contributed by atoms with Crippen molar-refractivity contribution in [2.24, 2.45) is 0 Å². The second-order valence-corrected chi connectivity index (χ2v) is 14.0. The van der Waals surface area contributed by atoms with E-state index in [0.29, 0.717) is 0 Å². The summed E-state index contributed by atoms with van der Waals surface area (Å²) >= 11 is 0. The average molecular weight is 483 g/mol. The van der Waals surface area contributed by atoms with Crippen molar-refractivity contribution in [3.63, 3.8) is 0 Å². The van der Waals surface area contributed by atoms with Crippen LogP contribution in [0.1, 0.15) is 35.1 Å². The molecule has 34 heavy (non-hydrogen) atoms. The molecule has 0 aliphatic heterocycles. The van der Waals surface area contributed by atoms with Gasteiger partial charge < -0.3 is 0 Å². The molecule has 0 radical (unpaired) electrons. The van der Waals surface area contributed by atoms with Crippen LogP contribution in [-0.4, -0.2) is 12.3 Å². The van der Waals surface area contributed by atoms with Gasteiger partial charge >= 0.3 is 0 Å². The molecule has 0 atom stereocenters. The fraction of sp³-hybridized carbons (Fsp3) is 0.250. The van der Waals surface area contributed by atoms with E-state index in [4.69, 9.17) is 0 Å². The largest absolute Gasteiger partial charge is 0.0587 e. The van der Waals surface area contributed by atoms with Crippen LogP contribution < -0.4 is 21.2 Å². The Bertz CT molecular complexity index is 970. The number of hydrogen-bond acceptors (Lipinski definition) is 0. The van der Waals surface area contributed by atoms with Crippen LogP contribution in [0.2, 0.25) is 0 Å². The van der Waals surface area contributed by atoms with E-state index in [-0.39, 0.29) is 15.8 Å². The molecule has 0 heterocycles. The third-order valence-corrected chi connectivity index (χ3v) is 11.6. The Morgan fingerprint density at radius 1 is 0.353 bits per heavy atom. The lowest BCUT2D eigenvalue weighted by atomic mass is 10.2. The normalized spacial score (nSPS) is 11.4. The third-order valence-electron chi connectivity index (χ3n) is 6.40. The van der Waals surface area contributed by atoms with E-state index in [1.165, 1.54) is 68.6 Å². The van der Waals surface area contributed by atoms with Gasteiger partial charge in [0.1, 0.15) is 0 Å². The molecule has 4 aromatic carbocycles. The number of rotatable bonds is 9. The van der Waals surface area contributed by atoms with Crippen molar-refractivity contribution < 1.29 is 0 Å². The second kappa shape index (κ2) is 11.9. The van der Waals surface area contributed by atoms with E-state index in [0.717, 1.165) is 0 Å². The Balaban J connectivity index is 1.48. The summed E-state index contributed by atoms with van der Waals surface area (Å²) in [4.78, 5) is 0. The molecule has 0 fully saturated rings. The van der Waals surface area contributed by atoms with Gasteiger partial charge in [0.15, 0.2) is 0 Å². The first-order chi connectivity index (χ1) is 16.5. The summed E-state index contributed by atoms with van der Waals surface area (Å²) in [5.74, 6) is 0. The van der Waals surface area contributed by atoms with Crippen LogP contribution in [0.3, 0.4) is 0 Å². The number of hydrogen-bond donors (Lipinski definition) is 0. The Hall–Kier alpha value is -2.26. The van der Waals surface area contributed by atoms with Crippen LogP contribution in [0.4, 0.5) is 0 Å². The molecule has 174 valence electrons. The molecule has 0 bridgehead atoms. The van der Waals surface area contributed by atoms with Gasteiger partial charge in [-0.15, -0.1) is 0 Å². The van der Waals surface area contributed by atoms with Crippen LogP contribution in [0.5, 0.6) is 0 Å². The molecule has 0 aliphatic rings. The van der Waals surface area contributed by atoms with Crippen molar-refractivity contribution in [3.05, 3.63) is 119 Å². The van der Waals surface area contributed by atoms with E-state index in [2.05, 4.69) is 125 Å². The zero-order chi connectivity index (χ0) is 23.9. The molecule has 0 nitrogen and oxygen atoms in total. The lowest BCUT2D eigenvalue weighted by Gasteiger charge is -2.22. The maximum Gasteiger partial charge on any atom is -0.0195 e. The highest BCUT2D eigenvalue weighted by atomic mass is 31.1. The molecule has 4 aromatic rings. The first-order valence-corrected chi connectivity index (χ1v) is 15.4. The fourth-order valence-corrected chi connectivity index (χ4v) is 9.00. The molecule has 0 spiro atoms. The van der Waals surface area contributed by atoms with Crippen molar-refractivity contribution >= 4 is 37.1 Å².